The molecule has 1 fully saturated rings. The number of ether oxygens (including phenoxy) is 1. The van der Waals surface area contributed by atoms with Gasteiger partial charge in [-0.2, -0.15) is 0 Å². The molecule has 1 atom stereocenters. The molecule has 1 aromatic heterocycles. The second-order valence-electron chi connectivity index (χ2n) is 6.21. The third-order valence-electron chi connectivity index (χ3n) is 4.03. The molecule has 0 radical (unpaired) electrons. The molecule has 5 nitrogen and oxygen atoms in total. The second-order valence-corrected chi connectivity index (χ2v) is 7.08. The SMILES string of the molecule is CC(C)Oc1ccc(C(=O)NCC2CCCN2c2nccs2)cc1. The number of hydrogen-bond donors (Lipinski definition) is 1. The Bertz CT molecular complexity index is 655. The van der Waals surface area contributed by atoms with Crippen LogP contribution in [0.1, 0.15) is 37.0 Å². The van der Waals surface area contributed by atoms with E-state index in [-0.39, 0.29) is 12.0 Å². The van der Waals surface area contributed by atoms with Crippen molar-refractivity contribution in [2.24, 2.45) is 0 Å². The predicted molar refractivity (Wildman–Crippen MR) is 97.0 cm³/mol. The summed E-state index contributed by atoms with van der Waals surface area (Å²) >= 11 is 1.65. The Morgan fingerprint density at radius 1 is 1.42 bits per heavy atom. The number of carbonyl (C=O) groups is 1. The van der Waals surface area contributed by atoms with Crippen molar-refractivity contribution in [3.8, 4) is 5.75 Å². The van der Waals surface area contributed by atoms with Gasteiger partial charge >= 0.3 is 0 Å². The maximum absolute atomic E-state index is 12.3. The van der Waals surface area contributed by atoms with E-state index in [1.807, 2.05) is 37.6 Å². The maximum atomic E-state index is 12.3. The zero-order chi connectivity index (χ0) is 16.9. The Morgan fingerprint density at radius 3 is 2.88 bits per heavy atom. The number of rotatable bonds is 6. The summed E-state index contributed by atoms with van der Waals surface area (Å²) < 4.78 is 5.60. The molecule has 2 aromatic rings. The number of anilines is 1. The standard InChI is InChI=1S/C18H23N3O2S/c1-13(2)23-16-7-5-14(6-8-16)17(22)20-12-15-4-3-10-21(15)18-19-9-11-24-18/h5-9,11,13,15H,3-4,10,12H2,1-2H3,(H,20,22). The molecule has 0 bridgehead atoms. The second kappa shape index (κ2) is 7.66. The lowest BCUT2D eigenvalue weighted by molar-refractivity contribution is 0.0951. The van der Waals surface area contributed by atoms with E-state index in [2.05, 4.69) is 15.2 Å². The van der Waals surface area contributed by atoms with E-state index in [1.54, 1.807) is 23.5 Å². The van der Waals surface area contributed by atoms with Crippen molar-refractivity contribution < 1.29 is 9.53 Å². The molecule has 3 rings (SSSR count). The lowest BCUT2D eigenvalue weighted by Gasteiger charge is -2.24. The highest BCUT2D eigenvalue weighted by atomic mass is 32.1. The van der Waals surface area contributed by atoms with Crippen molar-refractivity contribution in [1.29, 1.82) is 0 Å². The zero-order valence-electron chi connectivity index (χ0n) is 14.1. The Kier molecular flexibility index (Phi) is 5.35. The van der Waals surface area contributed by atoms with Crippen LogP contribution in [0.2, 0.25) is 0 Å². The summed E-state index contributed by atoms with van der Waals surface area (Å²) in [5, 5.41) is 6.08. The van der Waals surface area contributed by atoms with Gasteiger partial charge in [-0.05, 0) is 51.0 Å². The van der Waals surface area contributed by atoms with Crippen LogP contribution in [-0.4, -0.2) is 36.1 Å². The Labute approximate surface area is 146 Å². The fourth-order valence-electron chi connectivity index (χ4n) is 2.93. The molecule has 1 unspecified atom stereocenters. The predicted octanol–water partition coefficient (Wildman–Crippen LogP) is 3.33. The lowest BCUT2D eigenvalue weighted by atomic mass is 10.2. The Balaban J connectivity index is 1.55. The summed E-state index contributed by atoms with van der Waals surface area (Å²) in [5.41, 5.74) is 0.657. The molecule has 0 aliphatic carbocycles. The normalized spacial score (nSPS) is 17.3. The number of carbonyl (C=O) groups excluding carboxylic acids is 1. The number of amides is 1. The van der Waals surface area contributed by atoms with Gasteiger partial charge in [-0.15, -0.1) is 11.3 Å². The number of hydrogen-bond acceptors (Lipinski definition) is 5. The first-order valence-corrected chi connectivity index (χ1v) is 9.22. The van der Waals surface area contributed by atoms with Gasteiger partial charge in [0.25, 0.3) is 5.91 Å². The van der Waals surface area contributed by atoms with Gasteiger partial charge in [0.2, 0.25) is 0 Å². The van der Waals surface area contributed by atoms with Crippen LogP contribution in [0.25, 0.3) is 0 Å². The average Bonchev–Trinajstić information content (AvgIpc) is 3.23. The van der Waals surface area contributed by atoms with Crippen LogP contribution in [0.3, 0.4) is 0 Å². The molecular weight excluding hydrogens is 322 g/mol. The number of nitrogens with zero attached hydrogens (tertiary/aromatic N) is 2. The van der Waals surface area contributed by atoms with Crippen LogP contribution < -0.4 is 15.0 Å². The number of thiazole rings is 1. The summed E-state index contributed by atoms with van der Waals surface area (Å²) in [5.74, 6) is 0.740. The topological polar surface area (TPSA) is 54.5 Å². The first-order valence-electron chi connectivity index (χ1n) is 8.34. The largest absolute Gasteiger partial charge is 0.491 e. The third kappa shape index (κ3) is 4.06. The molecule has 6 heteroatoms. The van der Waals surface area contributed by atoms with Crippen molar-refractivity contribution in [3.05, 3.63) is 41.4 Å². The minimum absolute atomic E-state index is 0.0444. The van der Waals surface area contributed by atoms with Gasteiger partial charge in [0, 0.05) is 36.3 Å². The average molecular weight is 345 g/mol. The summed E-state index contributed by atoms with van der Waals surface area (Å²) in [4.78, 5) is 19.0. The smallest absolute Gasteiger partial charge is 0.251 e. The van der Waals surface area contributed by atoms with Crippen LogP contribution in [0.4, 0.5) is 5.13 Å². The molecule has 1 aromatic carbocycles. The van der Waals surface area contributed by atoms with Gasteiger partial charge in [0.05, 0.1) is 6.10 Å². The molecule has 1 amide bonds. The van der Waals surface area contributed by atoms with Crippen molar-refractivity contribution >= 4 is 22.4 Å². The monoisotopic (exact) mass is 345 g/mol. The van der Waals surface area contributed by atoms with E-state index in [0.717, 1.165) is 30.3 Å². The summed E-state index contributed by atoms with van der Waals surface area (Å²) in [6.45, 7) is 5.62. The van der Waals surface area contributed by atoms with Gasteiger partial charge in [-0.1, -0.05) is 0 Å². The van der Waals surface area contributed by atoms with Gasteiger partial charge in [-0.3, -0.25) is 4.79 Å². The van der Waals surface area contributed by atoms with Crippen molar-refractivity contribution in [1.82, 2.24) is 10.3 Å². The fraction of sp³-hybridized carbons (Fsp3) is 0.444. The third-order valence-corrected chi connectivity index (χ3v) is 4.84. The lowest BCUT2D eigenvalue weighted by Crippen LogP contribution is -2.40. The highest BCUT2D eigenvalue weighted by Crippen LogP contribution is 2.26. The molecule has 1 N–H and O–H groups in total. The molecule has 128 valence electrons. The van der Waals surface area contributed by atoms with Crippen LogP contribution in [0.15, 0.2) is 35.8 Å². The van der Waals surface area contributed by atoms with E-state index in [0.29, 0.717) is 18.2 Å². The van der Waals surface area contributed by atoms with Crippen LogP contribution in [-0.2, 0) is 0 Å². The molecule has 24 heavy (non-hydrogen) atoms. The van der Waals surface area contributed by atoms with E-state index in [1.165, 1.54) is 0 Å². The molecule has 2 heterocycles. The van der Waals surface area contributed by atoms with Gasteiger partial charge < -0.3 is 15.0 Å². The Hall–Kier alpha value is -2.08. The molecule has 1 aliphatic heterocycles. The van der Waals surface area contributed by atoms with E-state index < -0.39 is 0 Å². The van der Waals surface area contributed by atoms with Crippen molar-refractivity contribution in [3.63, 3.8) is 0 Å². The first-order chi connectivity index (χ1) is 11.6. The summed E-state index contributed by atoms with van der Waals surface area (Å²) in [6, 6.07) is 7.61. The quantitative estimate of drug-likeness (QED) is 0.872. The fourth-order valence-corrected chi connectivity index (χ4v) is 3.67. The van der Waals surface area contributed by atoms with Gasteiger partial charge in [0.15, 0.2) is 5.13 Å². The minimum Gasteiger partial charge on any atom is -0.491 e. The van der Waals surface area contributed by atoms with Crippen LogP contribution >= 0.6 is 11.3 Å². The van der Waals surface area contributed by atoms with E-state index in [4.69, 9.17) is 4.74 Å². The van der Waals surface area contributed by atoms with Crippen molar-refractivity contribution in [2.45, 2.75) is 38.8 Å². The van der Waals surface area contributed by atoms with Crippen LogP contribution in [0.5, 0.6) is 5.75 Å². The van der Waals surface area contributed by atoms with Gasteiger partial charge in [-0.25, -0.2) is 4.98 Å². The number of aromatic nitrogens is 1. The minimum atomic E-state index is -0.0444. The van der Waals surface area contributed by atoms with E-state index in [9.17, 15) is 4.79 Å². The number of benzene rings is 1. The summed E-state index contributed by atoms with van der Waals surface area (Å²) in [6.07, 6.45) is 4.18. The first kappa shape index (κ1) is 16.8. The van der Waals surface area contributed by atoms with Crippen LogP contribution in [0, 0.1) is 0 Å². The number of nitrogens with one attached hydrogen (secondary N) is 1. The highest BCUT2D eigenvalue weighted by molar-refractivity contribution is 7.13. The molecule has 0 spiro atoms. The van der Waals surface area contributed by atoms with Crippen molar-refractivity contribution in [2.75, 3.05) is 18.0 Å². The molecule has 1 aliphatic rings. The maximum Gasteiger partial charge on any atom is 0.251 e. The molecular formula is C18H23N3O2S. The zero-order valence-corrected chi connectivity index (χ0v) is 14.9. The van der Waals surface area contributed by atoms with E-state index >= 15 is 0 Å². The van der Waals surface area contributed by atoms with Gasteiger partial charge in [0.1, 0.15) is 5.75 Å². The highest BCUT2D eigenvalue weighted by Gasteiger charge is 2.26. The molecule has 0 saturated carbocycles. The molecule has 1 saturated heterocycles. The summed E-state index contributed by atoms with van der Waals surface area (Å²) in [7, 11) is 0. The Morgan fingerprint density at radius 2 is 2.21 bits per heavy atom.